The Balaban J connectivity index is 1.65. The van der Waals surface area contributed by atoms with Crippen molar-refractivity contribution in [1.29, 1.82) is 0 Å². The van der Waals surface area contributed by atoms with Gasteiger partial charge in [-0.25, -0.2) is 0 Å². The molecular formula is C19H21ClF3N3O2. The highest BCUT2D eigenvalue weighted by atomic mass is 35.5. The van der Waals surface area contributed by atoms with Crippen molar-refractivity contribution < 1.29 is 22.6 Å². The molecule has 0 amide bonds. The monoisotopic (exact) mass is 415 g/mol. The van der Waals surface area contributed by atoms with Crippen LogP contribution in [0.25, 0.3) is 0 Å². The van der Waals surface area contributed by atoms with Crippen molar-refractivity contribution in [3.8, 4) is 5.88 Å². The van der Waals surface area contributed by atoms with Crippen molar-refractivity contribution in [2.45, 2.75) is 44.6 Å². The van der Waals surface area contributed by atoms with E-state index >= 15 is 0 Å². The lowest BCUT2D eigenvalue weighted by atomic mass is 9.97. The minimum atomic E-state index is -4.34. The Kier molecular flexibility index (Phi) is 6.30. The van der Waals surface area contributed by atoms with Gasteiger partial charge in [0.2, 0.25) is 0 Å². The summed E-state index contributed by atoms with van der Waals surface area (Å²) in [7, 11) is 1.50. The highest BCUT2D eigenvalue weighted by Crippen LogP contribution is 2.35. The molecule has 1 aromatic heterocycles. The number of hydrogen-bond acceptors (Lipinski definition) is 5. The lowest BCUT2D eigenvalue weighted by molar-refractivity contribution is -0.137. The van der Waals surface area contributed by atoms with E-state index in [0.717, 1.165) is 42.5 Å². The first kappa shape index (κ1) is 20.7. The molecular weight excluding hydrogens is 395 g/mol. The first-order chi connectivity index (χ1) is 13.3. The molecule has 28 heavy (non-hydrogen) atoms. The average Bonchev–Trinajstić information content (AvgIpc) is 2.69. The van der Waals surface area contributed by atoms with Gasteiger partial charge in [-0.05, 0) is 43.9 Å². The number of halogens is 4. The molecule has 3 rings (SSSR count). The third-order valence-electron chi connectivity index (χ3n) is 4.79. The summed E-state index contributed by atoms with van der Waals surface area (Å²) in [6, 6.07) is 5.17. The van der Waals surface area contributed by atoms with Gasteiger partial charge in [0.1, 0.15) is 5.69 Å². The van der Waals surface area contributed by atoms with Crippen molar-refractivity contribution in [1.82, 2.24) is 10.2 Å². The Bertz CT molecular complexity index is 815. The minimum absolute atomic E-state index is 0.0999. The van der Waals surface area contributed by atoms with Crippen molar-refractivity contribution >= 4 is 17.3 Å². The van der Waals surface area contributed by atoms with E-state index in [2.05, 4.69) is 15.5 Å². The van der Waals surface area contributed by atoms with Crippen LogP contribution in [-0.4, -0.2) is 30.0 Å². The summed E-state index contributed by atoms with van der Waals surface area (Å²) >= 11 is 6.03. The second-order valence-electron chi connectivity index (χ2n) is 6.68. The molecule has 1 aliphatic rings. The number of hydrogen-bond donors (Lipinski definition) is 1. The van der Waals surface area contributed by atoms with E-state index in [-0.39, 0.29) is 17.4 Å². The third-order valence-corrected chi connectivity index (χ3v) is 5.14. The average molecular weight is 416 g/mol. The zero-order valence-corrected chi connectivity index (χ0v) is 16.3. The summed E-state index contributed by atoms with van der Waals surface area (Å²) in [6.07, 6.45) is -2.13. The first-order valence-electron chi connectivity index (χ1n) is 8.93. The normalized spacial score (nSPS) is 20.1. The molecule has 0 saturated carbocycles. The van der Waals surface area contributed by atoms with Crippen molar-refractivity contribution in [2.75, 3.05) is 19.0 Å². The van der Waals surface area contributed by atoms with Gasteiger partial charge in [-0.15, -0.1) is 10.2 Å². The maximum absolute atomic E-state index is 12.7. The molecule has 1 fully saturated rings. The highest BCUT2D eigenvalue weighted by Gasteiger charge is 2.31. The number of benzene rings is 1. The summed E-state index contributed by atoms with van der Waals surface area (Å²) < 4.78 is 49.6. The van der Waals surface area contributed by atoms with Crippen LogP contribution in [-0.2, 0) is 10.9 Å². The molecule has 1 saturated heterocycles. The molecule has 1 aliphatic heterocycles. The molecule has 5 nitrogen and oxygen atoms in total. The van der Waals surface area contributed by atoms with Crippen LogP contribution in [0, 0.1) is 6.92 Å². The van der Waals surface area contributed by atoms with Gasteiger partial charge in [0.25, 0.3) is 5.88 Å². The van der Waals surface area contributed by atoms with Crippen LogP contribution in [0.4, 0.5) is 18.9 Å². The van der Waals surface area contributed by atoms with Crippen LogP contribution < -0.4 is 10.1 Å². The Labute approximate surface area is 166 Å². The lowest BCUT2D eigenvalue weighted by Gasteiger charge is -2.31. The van der Waals surface area contributed by atoms with E-state index in [1.54, 1.807) is 0 Å². The summed E-state index contributed by atoms with van der Waals surface area (Å²) in [6.45, 7) is 2.31. The lowest BCUT2D eigenvalue weighted by Crippen LogP contribution is -2.29. The van der Waals surface area contributed by atoms with Crippen LogP contribution in [0.5, 0.6) is 5.88 Å². The molecule has 1 N–H and O–H groups in total. The molecule has 2 heterocycles. The van der Waals surface area contributed by atoms with Crippen molar-refractivity contribution in [3.63, 3.8) is 0 Å². The van der Waals surface area contributed by atoms with E-state index in [4.69, 9.17) is 21.1 Å². The summed E-state index contributed by atoms with van der Waals surface area (Å²) in [5.74, 6) is 0.344. The standard InChI is InChI=1S/C19H21ClF3N3O2/c1-11-16(18(27-2)26-25-17(11)20)24-10-14-4-3-5-15(28-14)12-6-8-13(9-7-12)19(21,22)23/h6-9,14-15H,3-5,10H2,1-2H3,(H,24,25)/t14-,15+/m1/s1. The van der Waals surface area contributed by atoms with E-state index < -0.39 is 11.7 Å². The maximum atomic E-state index is 12.7. The number of aromatic nitrogens is 2. The van der Waals surface area contributed by atoms with Crippen LogP contribution in [0.3, 0.4) is 0 Å². The maximum Gasteiger partial charge on any atom is 0.416 e. The summed E-state index contributed by atoms with van der Waals surface area (Å²) in [5, 5.41) is 11.3. The fourth-order valence-electron chi connectivity index (χ4n) is 3.23. The van der Waals surface area contributed by atoms with Crippen molar-refractivity contribution in [3.05, 3.63) is 46.1 Å². The third kappa shape index (κ3) is 4.67. The van der Waals surface area contributed by atoms with Crippen LogP contribution in [0.2, 0.25) is 5.15 Å². The number of rotatable bonds is 5. The fourth-order valence-corrected chi connectivity index (χ4v) is 3.36. The smallest absolute Gasteiger partial charge is 0.416 e. The second-order valence-corrected chi connectivity index (χ2v) is 7.04. The first-order valence-corrected chi connectivity index (χ1v) is 9.30. The molecule has 0 radical (unpaired) electrons. The molecule has 9 heteroatoms. The predicted octanol–water partition coefficient (Wildman–Crippen LogP) is 5.19. The zero-order valence-electron chi connectivity index (χ0n) is 15.5. The molecule has 1 aromatic carbocycles. The van der Waals surface area contributed by atoms with Gasteiger partial charge < -0.3 is 14.8 Å². The van der Waals surface area contributed by atoms with E-state index in [9.17, 15) is 13.2 Å². The Hall–Kier alpha value is -2.06. The summed E-state index contributed by atoms with van der Waals surface area (Å²) in [4.78, 5) is 0. The topological polar surface area (TPSA) is 56.3 Å². The SMILES string of the molecule is COc1nnc(Cl)c(C)c1NC[C@H]1CCC[C@@H](c2ccc(C(F)(F)F)cc2)O1. The Morgan fingerprint density at radius 2 is 1.93 bits per heavy atom. The van der Waals surface area contributed by atoms with Gasteiger partial charge in [-0.2, -0.15) is 13.2 Å². The number of methoxy groups -OCH3 is 1. The van der Waals surface area contributed by atoms with Crippen LogP contribution in [0.1, 0.15) is 42.1 Å². The minimum Gasteiger partial charge on any atom is -0.478 e. The molecule has 0 aliphatic carbocycles. The summed E-state index contributed by atoms with van der Waals surface area (Å²) in [5.41, 5.74) is 1.47. The largest absolute Gasteiger partial charge is 0.478 e. The highest BCUT2D eigenvalue weighted by molar-refractivity contribution is 6.30. The second kappa shape index (κ2) is 8.53. The molecule has 2 atom stereocenters. The number of nitrogens with one attached hydrogen (secondary N) is 1. The number of alkyl halides is 3. The van der Waals surface area contributed by atoms with E-state index in [1.807, 2.05) is 6.92 Å². The number of anilines is 1. The number of nitrogens with zero attached hydrogens (tertiary/aromatic N) is 2. The number of ether oxygens (including phenoxy) is 2. The van der Waals surface area contributed by atoms with Crippen LogP contribution >= 0.6 is 11.6 Å². The van der Waals surface area contributed by atoms with Crippen LogP contribution in [0.15, 0.2) is 24.3 Å². The van der Waals surface area contributed by atoms with Gasteiger partial charge >= 0.3 is 6.18 Å². The van der Waals surface area contributed by atoms with Gasteiger partial charge in [0.05, 0.1) is 24.9 Å². The molecule has 0 spiro atoms. The Morgan fingerprint density at radius 3 is 2.57 bits per heavy atom. The van der Waals surface area contributed by atoms with Crippen molar-refractivity contribution in [2.24, 2.45) is 0 Å². The molecule has 0 unspecified atom stereocenters. The molecule has 0 bridgehead atoms. The van der Waals surface area contributed by atoms with Gasteiger partial charge in [0.15, 0.2) is 5.15 Å². The van der Waals surface area contributed by atoms with Gasteiger partial charge in [-0.1, -0.05) is 23.7 Å². The van der Waals surface area contributed by atoms with E-state index in [1.165, 1.54) is 19.2 Å². The van der Waals surface area contributed by atoms with Gasteiger partial charge in [0, 0.05) is 12.1 Å². The molecule has 2 aromatic rings. The van der Waals surface area contributed by atoms with E-state index in [0.29, 0.717) is 18.1 Å². The fraction of sp³-hybridized carbons (Fsp3) is 0.474. The van der Waals surface area contributed by atoms with Gasteiger partial charge in [-0.3, -0.25) is 0 Å². The predicted molar refractivity (Wildman–Crippen MR) is 99.7 cm³/mol. The quantitative estimate of drug-likeness (QED) is 0.728. The Morgan fingerprint density at radius 1 is 1.21 bits per heavy atom. The molecule has 152 valence electrons. The zero-order chi connectivity index (χ0) is 20.3.